The largest absolute Gasteiger partial charge is 0.276 e. The molecule has 0 aliphatic rings. The van der Waals surface area contributed by atoms with Gasteiger partial charge in [-0.1, -0.05) is 27.7 Å². The van der Waals surface area contributed by atoms with Crippen LogP contribution in [0.5, 0.6) is 0 Å². The van der Waals surface area contributed by atoms with Gasteiger partial charge in [0.15, 0.2) is 0 Å². The second-order valence-electron chi connectivity index (χ2n) is 6.30. The van der Waals surface area contributed by atoms with Crippen molar-refractivity contribution in [3.05, 3.63) is 57.6 Å². The lowest BCUT2D eigenvalue weighted by atomic mass is 9.83. The van der Waals surface area contributed by atoms with Gasteiger partial charge in [-0.2, -0.15) is 0 Å². The molecule has 2 aromatic rings. The molecule has 0 aliphatic carbocycles. The molecule has 0 atom stereocenters. The van der Waals surface area contributed by atoms with Crippen LogP contribution in [0.25, 0.3) is 11.1 Å². The van der Waals surface area contributed by atoms with Crippen molar-refractivity contribution in [1.82, 2.24) is 0 Å². The SMILES string of the molecule is CCc1cc(C(=O)Cl)cc(CC)c1-c1c(CC)cc(C(=O)Cl)cc1CC. The Balaban J connectivity index is 2.90. The summed E-state index contributed by atoms with van der Waals surface area (Å²) in [5, 5.41) is -0.870. The van der Waals surface area contributed by atoms with Gasteiger partial charge in [0.1, 0.15) is 0 Å². The monoisotopic (exact) mass is 390 g/mol. The van der Waals surface area contributed by atoms with E-state index in [4.69, 9.17) is 23.2 Å². The summed E-state index contributed by atoms with van der Waals surface area (Å²) in [6.07, 6.45) is 3.18. The lowest BCUT2D eigenvalue weighted by Crippen LogP contribution is -2.06. The average molecular weight is 391 g/mol. The second-order valence-corrected chi connectivity index (χ2v) is 6.99. The van der Waals surface area contributed by atoms with E-state index in [2.05, 4.69) is 27.7 Å². The Morgan fingerprint density at radius 3 is 1.00 bits per heavy atom. The molecule has 0 aliphatic heterocycles. The molecule has 2 nitrogen and oxygen atoms in total. The van der Waals surface area contributed by atoms with E-state index in [-0.39, 0.29) is 0 Å². The molecule has 0 heterocycles. The summed E-state index contributed by atoms with van der Waals surface area (Å²) in [4.78, 5) is 23.4. The van der Waals surface area contributed by atoms with E-state index < -0.39 is 10.5 Å². The van der Waals surface area contributed by atoms with E-state index >= 15 is 0 Å². The van der Waals surface area contributed by atoms with E-state index in [1.807, 2.05) is 24.3 Å². The predicted molar refractivity (Wildman–Crippen MR) is 110 cm³/mol. The Hall–Kier alpha value is -1.64. The molecule has 0 saturated heterocycles. The minimum Gasteiger partial charge on any atom is -0.276 e. The lowest BCUT2D eigenvalue weighted by Gasteiger charge is -2.21. The van der Waals surface area contributed by atoms with E-state index in [1.54, 1.807) is 0 Å². The maximum atomic E-state index is 11.7. The Labute approximate surface area is 165 Å². The Morgan fingerprint density at radius 1 is 0.615 bits per heavy atom. The van der Waals surface area contributed by atoms with Gasteiger partial charge < -0.3 is 0 Å². The molecular formula is C22H24Cl2O2. The summed E-state index contributed by atoms with van der Waals surface area (Å²) in [6.45, 7) is 8.31. The fraction of sp³-hybridized carbons (Fsp3) is 0.364. The molecular weight excluding hydrogens is 367 g/mol. The summed E-state index contributed by atoms with van der Waals surface area (Å²) < 4.78 is 0. The average Bonchev–Trinajstić information content (AvgIpc) is 2.65. The van der Waals surface area contributed by atoms with Crippen LogP contribution in [0.4, 0.5) is 0 Å². The normalized spacial score (nSPS) is 10.8. The highest BCUT2D eigenvalue weighted by Gasteiger charge is 2.20. The number of hydrogen-bond acceptors (Lipinski definition) is 2. The molecule has 0 bridgehead atoms. The summed E-state index contributed by atoms with van der Waals surface area (Å²) in [5.74, 6) is 0. The summed E-state index contributed by atoms with van der Waals surface area (Å²) in [5.41, 5.74) is 7.80. The van der Waals surface area contributed by atoms with Crippen LogP contribution in [-0.4, -0.2) is 10.5 Å². The molecule has 0 N–H and O–H groups in total. The lowest BCUT2D eigenvalue weighted by molar-refractivity contribution is 0.107. The molecule has 0 aromatic heterocycles. The zero-order valence-electron chi connectivity index (χ0n) is 15.7. The first-order valence-electron chi connectivity index (χ1n) is 9.09. The minimum atomic E-state index is -0.435. The number of rotatable bonds is 7. The van der Waals surface area contributed by atoms with Crippen molar-refractivity contribution in [3.63, 3.8) is 0 Å². The summed E-state index contributed by atoms with van der Waals surface area (Å²) in [6, 6.07) is 7.57. The highest BCUT2D eigenvalue weighted by molar-refractivity contribution is 6.68. The van der Waals surface area contributed by atoms with Crippen LogP contribution in [0.15, 0.2) is 24.3 Å². The molecule has 2 rings (SSSR count). The van der Waals surface area contributed by atoms with E-state index in [1.165, 1.54) is 11.1 Å². The van der Waals surface area contributed by atoms with Gasteiger partial charge in [0, 0.05) is 11.1 Å². The fourth-order valence-electron chi connectivity index (χ4n) is 3.52. The van der Waals surface area contributed by atoms with Crippen molar-refractivity contribution < 1.29 is 9.59 Å². The molecule has 0 fully saturated rings. The van der Waals surface area contributed by atoms with Crippen LogP contribution >= 0.6 is 23.2 Å². The van der Waals surface area contributed by atoms with Crippen LogP contribution in [0, 0.1) is 0 Å². The molecule has 0 amide bonds. The van der Waals surface area contributed by atoms with Crippen molar-refractivity contribution >= 4 is 33.7 Å². The van der Waals surface area contributed by atoms with Gasteiger partial charge in [-0.15, -0.1) is 0 Å². The zero-order chi connectivity index (χ0) is 19.4. The molecule has 4 heteroatoms. The van der Waals surface area contributed by atoms with Crippen molar-refractivity contribution in [3.8, 4) is 11.1 Å². The van der Waals surface area contributed by atoms with Crippen LogP contribution in [0.3, 0.4) is 0 Å². The van der Waals surface area contributed by atoms with E-state index in [0.29, 0.717) is 11.1 Å². The maximum Gasteiger partial charge on any atom is 0.252 e. The standard InChI is InChI=1S/C22H24Cl2O2/c1-5-13-9-17(21(23)25)10-14(6-2)19(13)20-15(7-3)11-18(22(24)26)12-16(20)8-4/h9-12H,5-8H2,1-4H3. The van der Waals surface area contributed by atoms with Crippen molar-refractivity contribution in [2.45, 2.75) is 53.4 Å². The van der Waals surface area contributed by atoms with Gasteiger partial charge in [0.05, 0.1) is 0 Å². The van der Waals surface area contributed by atoms with Crippen LogP contribution in [-0.2, 0) is 25.7 Å². The molecule has 0 saturated carbocycles. The molecule has 0 spiro atoms. The summed E-state index contributed by atoms with van der Waals surface area (Å²) >= 11 is 11.5. The van der Waals surface area contributed by atoms with Crippen LogP contribution in [0.2, 0.25) is 0 Å². The van der Waals surface area contributed by atoms with Crippen LogP contribution < -0.4 is 0 Å². The van der Waals surface area contributed by atoms with Gasteiger partial charge in [-0.3, -0.25) is 9.59 Å². The Kier molecular flexibility index (Phi) is 7.02. The number of aryl methyl sites for hydroxylation is 4. The molecule has 0 unspecified atom stereocenters. The number of hydrogen-bond donors (Lipinski definition) is 0. The fourth-order valence-corrected chi connectivity index (χ4v) is 3.74. The minimum absolute atomic E-state index is 0.435. The maximum absolute atomic E-state index is 11.7. The highest BCUT2D eigenvalue weighted by Crippen LogP contribution is 2.37. The number of carbonyl (C=O) groups excluding carboxylic acids is 2. The smallest absolute Gasteiger partial charge is 0.252 e. The zero-order valence-corrected chi connectivity index (χ0v) is 17.2. The predicted octanol–water partition coefficient (Wildman–Crippen LogP) is 6.36. The third kappa shape index (κ3) is 4.02. The topological polar surface area (TPSA) is 34.1 Å². The van der Waals surface area contributed by atoms with Gasteiger partial charge >= 0.3 is 0 Å². The molecule has 138 valence electrons. The Morgan fingerprint density at radius 2 is 0.846 bits per heavy atom. The molecule has 26 heavy (non-hydrogen) atoms. The highest BCUT2D eigenvalue weighted by atomic mass is 35.5. The first kappa shape index (κ1) is 20.7. The van der Waals surface area contributed by atoms with Gasteiger partial charge in [0.2, 0.25) is 0 Å². The van der Waals surface area contributed by atoms with Gasteiger partial charge in [0.25, 0.3) is 10.5 Å². The van der Waals surface area contributed by atoms with E-state index in [9.17, 15) is 9.59 Å². The number of halogens is 2. The second kappa shape index (κ2) is 8.83. The summed E-state index contributed by atoms with van der Waals surface area (Å²) in [7, 11) is 0. The first-order valence-corrected chi connectivity index (χ1v) is 9.84. The molecule has 2 aromatic carbocycles. The Bertz CT molecular complexity index is 732. The van der Waals surface area contributed by atoms with E-state index in [0.717, 1.165) is 47.9 Å². The van der Waals surface area contributed by atoms with Crippen molar-refractivity contribution in [2.75, 3.05) is 0 Å². The first-order chi connectivity index (χ1) is 12.4. The van der Waals surface area contributed by atoms with Crippen molar-refractivity contribution in [1.29, 1.82) is 0 Å². The van der Waals surface area contributed by atoms with Crippen molar-refractivity contribution in [2.24, 2.45) is 0 Å². The molecule has 0 radical (unpaired) electrons. The third-order valence-corrected chi connectivity index (χ3v) is 5.27. The van der Waals surface area contributed by atoms with Gasteiger partial charge in [-0.05, 0) is 107 Å². The third-order valence-electron chi connectivity index (χ3n) is 4.83. The number of carbonyl (C=O) groups is 2. The quantitative estimate of drug-likeness (QED) is 0.515. The van der Waals surface area contributed by atoms with Crippen LogP contribution in [0.1, 0.15) is 70.7 Å². The van der Waals surface area contributed by atoms with Gasteiger partial charge in [-0.25, -0.2) is 0 Å². The number of benzene rings is 2.